The van der Waals surface area contributed by atoms with Gasteiger partial charge in [0, 0.05) is 19.2 Å². The number of sulfone groups is 1. The van der Waals surface area contributed by atoms with Gasteiger partial charge >= 0.3 is 5.97 Å². The molecular weight excluding hydrogens is 374 g/mol. The molecule has 0 saturated carbocycles. The Balaban J connectivity index is 1.99. The van der Waals surface area contributed by atoms with E-state index in [0.717, 1.165) is 0 Å². The molecule has 0 radical (unpaired) electrons. The van der Waals surface area contributed by atoms with Crippen LogP contribution in [0, 0.1) is 0 Å². The second-order valence-corrected chi connectivity index (χ2v) is 8.35. The molecule has 1 aromatic rings. The molecule has 1 atom stereocenters. The highest BCUT2D eigenvalue weighted by Crippen LogP contribution is 2.28. The SMILES string of the molecule is COC(=O)/C=C\c1ccc(OCC(=O)N(C)[C@@H]2CCS(=O)(=O)C2)c(OC)c1. The van der Waals surface area contributed by atoms with Crippen molar-refractivity contribution in [1.82, 2.24) is 4.90 Å². The smallest absolute Gasteiger partial charge is 0.330 e. The molecule has 0 bridgehead atoms. The fraction of sp³-hybridized carbons (Fsp3) is 0.444. The monoisotopic (exact) mass is 397 g/mol. The van der Waals surface area contributed by atoms with Crippen LogP contribution in [0.25, 0.3) is 6.08 Å². The summed E-state index contributed by atoms with van der Waals surface area (Å²) in [7, 11) is 1.27. The molecule has 0 spiro atoms. The second kappa shape index (κ2) is 8.90. The Hall–Kier alpha value is -2.55. The van der Waals surface area contributed by atoms with E-state index >= 15 is 0 Å². The van der Waals surface area contributed by atoms with Gasteiger partial charge in [-0.1, -0.05) is 6.07 Å². The van der Waals surface area contributed by atoms with Crippen LogP contribution in [0.3, 0.4) is 0 Å². The molecule has 0 aromatic heterocycles. The van der Waals surface area contributed by atoms with Crippen LogP contribution >= 0.6 is 0 Å². The summed E-state index contributed by atoms with van der Waals surface area (Å²) in [5.41, 5.74) is 0.698. The van der Waals surface area contributed by atoms with Gasteiger partial charge in [-0.2, -0.15) is 0 Å². The van der Waals surface area contributed by atoms with Crippen LogP contribution in [0.1, 0.15) is 12.0 Å². The van der Waals surface area contributed by atoms with Crippen molar-refractivity contribution in [2.75, 3.05) is 39.4 Å². The average Bonchev–Trinajstić information content (AvgIpc) is 3.03. The number of nitrogens with zero attached hydrogens (tertiary/aromatic N) is 1. The number of likely N-dealkylation sites (N-methyl/N-ethyl adjacent to an activating group) is 1. The Kier molecular flexibility index (Phi) is 6.84. The van der Waals surface area contributed by atoms with E-state index < -0.39 is 15.8 Å². The lowest BCUT2D eigenvalue weighted by atomic mass is 10.2. The minimum atomic E-state index is -3.06. The first-order valence-corrected chi connectivity index (χ1v) is 10.1. The van der Waals surface area contributed by atoms with E-state index in [0.29, 0.717) is 23.5 Å². The highest BCUT2D eigenvalue weighted by molar-refractivity contribution is 7.91. The van der Waals surface area contributed by atoms with Crippen molar-refractivity contribution in [3.8, 4) is 11.5 Å². The summed E-state index contributed by atoms with van der Waals surface area (Å²) in [5.74, 6) is 0.0738. The maximum absolute atomic E-state index is 12.3. The van der Waals surface area contributed by atoms with Crippen LogP contribution in [0.4, 0.5) is 0 Å². The quantitative estimate of drug-likeness (QED) is 0.498. The van der Waals surface area contributed by atoms with Crippen molar-refractivity contribution < 1.29 is 32.2 Å². The number of rotatable bonds is 7. The van der Waals surface area contributed by atoms with E-state index in [1.165, 1.54) is 25.2 Å². The van der Waals surface area contributed by atoms with Gasteiger partial charge in [-0.3, -0.25) is 4.79 Å². The van der Waals surface area contributed by atoms with Crippen molar-refractivity contribution in [2.45, 2.75) is 12.5 Å². The molecule has 0 unspecified atom stereocenters. The van der Waals surface area contributed by atoms with Gasteiger partial charge in [0.15, 0.2) is 27.9 Å². The standard InChI is InChI=1S/C18H23NO7S/c1-19(14-8-9-27(22,23)12-14)17(20)11-26-15-6-4-13(10-16(15)24-2)5-7-18(21)25-3/h4-7,10,14H,8-9,11-12H2,1-3H3/b7-5-/t14-/m1/s1. The molecule has 0 aliphatic carbocycles. The Morgan fingerprint density at radius 3 is 2.59 bits per heavy atom. The lowest BCUT2D eigenvalue weighted by Gasteiger charge is -2.23. The second-order valence-electron chi connectivity index (χ2n) is 6.12. The molecule has 1 heterocycles. The van der Waals surface area contributed by atoms with Crippen LogP contribution in [0.15, 0.2) is 24.3 Å². The van der Waals surface area contributed by atoms with Crippen LogP contribution < -0.4 is 9.47 Å². The largest absolute Gasteiger partial charge is 0.493 e. The van der Waals surface area contributed by atoms with Gasteiger partial charge in [0.1, 0.15) is 0 Å². The first-order valence-electron chi connectivity index (χ1n) is 8.28. The number of amides is 1. The molecular formula is C18H23NO7S. The Labute approximate surface area is 158 Å². The fourth-order valence-corrected chi connectivity index (χ4v) is 4.44. The van der Waals surface area contributed by atoms with E-state index in [2.05, 4.69) is 4.74 Å². The molecule has 1 aliphatic rings. The van der Waals surface area contributed by atoms with E-state index in [1.807, 2.05) is 0 Å². The molecule has 1 amide bonds. The predicted molar refractivity (Wildman–Crippen MR) is 99.4 cm³/mol. The Morgan fingerprint density at radius 1 is 1.26 bits per heavy atom. The minimum absolute atomic E-state index is 0.0141. The van der Waals surface area contributed by atoms with Crippen molar-refractivity contribution in [3.05, 3.63) is 29.8 Å². The first-order chi connectivity index (χ1) is 12.8. The van der Waals surface area contributed by atoms with Crippen molar-refractivity contribution in [3.63, 3.8) is 0 Å². The molecule has 1 fully saturated rings. The number of methoxy groups -OCH3 is 2. The summed E-state index contributed by atoms with van der Waals surface area (Å²) in [6.45, 7) is -0.235. The van der Waals surface area contributed by atoms with Gasteiger partial charge in [-0.15, -0.1) is 0 Å². The topological polar surface area (TPSA) is 99.2 Å². The van der Waals surface area contributed by atoms with Crippen molar-refractivity contribution in [2.24, 2.45) is 0 Å². The molecule has 27 heavy (non-hydrogen) atoms. The molecule has 0 N–H and O–H groups in total. The Morgan fingerprint density at radius 2 is 2.00 bits per heavy atom. The predicted octanol–water partition coefficient (Wildman–Crippen LogP) is 0.906. The molecule has 1 saturated heterocycles. The number of hydrogen-bond acceptors (Lipinski definition) is 7. The molecule has 2 rings (SSSR count). The van der Waals surface area contributed by atoms with Crippen molar-refractivity contribution in [1.29, 1.82) is 0 Å². The van der Waals surface area contributed by atoms with Gasteiger partial charge in [0.05, 0.1) is 25.7 Å². The van der Waals surface area contributed by atoms with E-state index in [1.54, 1.807) is 31.3 Å². The zero-order valence-corrected chi connectivity index (χ0v) is 16.3. The highest BCUT2D eigenvalue weighted by atomic mass is 32.2. The van der Waals surface area contributed by atoms with Crippen LogP contribution in [-0.4, -0.2) is 70.6 Å². The van der Waals surface area contributed by atoms with Crippen LogP contribution in [0.2, 0.25) is 0 Å². The zero-order valence-electron chi connectivity index (χ0n) is 15.5. The summed E-state index contributed by atoms with van der Waals surface area (Å²) in [6.07, 6.45) is 3.29. The third-order valence-electron chi connectivity index (χ3n) is 4.30. The zero-order chi connectivity index (χ0) is 20.0. The van der Waals surface area contributed by atoms with Crippen LogP contribution in [0.5, 0.6) is 11.5 Å². The summed E-state index contributed by atoms with van der Waals surface area (Å²) in [5, 5.41) is 0. The van der Waals surface area contributed by atoms with E-state index in [4.69, 9.17) is 9.47 Å². The third kappa shape index (κ3) is 5.72. The maximum atomic E-state index is 12.3. The van der Waals surface area contributed by atoms with Crippen molar-refractivity contribution >= 4 is 27.8 Å². The summed E-state index contributed by atoms with van der Waals surface area (Å²) >= 11 is 0. The molecule has 148 valence electrons. The number of carbonyl (C=O) groups excluding carboxylic acids is 2. The molecule has 9 heteroatoms. The first kappa shape index (κ1) is 20.8. The third-order valence-corrected chi connectivity index (χ3v) is 6.05. The van der Waals surface area contributed by atoms with Gasteiger partial charge in [0.2, 0.25) is 0 Å². The van der Waals surface area contributed by atoms with Gasteiger partial charge in [-0.25, -0.2) is 13.2 Å². The van der Waals surface area contributed by atoms with Gasteiger partial charge < -0.3 is 19.1 Å². The number of benzene rings is 1. The van der Waals surface area contributed by atoms with E-state index in [-0.39, 0.29) is 30.1 Å². The van der Waals surface area contributed by atoms with Gasteiger partial charge in [-0.05, 0) is 30.2 Å². The average molecular weight is 397 g/mol. The van der Waals surface area contributed by atoms with Crippen LogP contribution in [-0.2, 0) is 24.2 Å². The number of carbonyl (C=O) groups is 2. The summed E-state index contributed by atoms with van der Waals surface area (Å²) in [4.78, 5) is 24.9. The summed E-state index contributed by atoms with van der Waals surface area (Å²) in [6, 6.07) is 4.67. The van der Waals surface area contributed by atoms with Gasteiger partial charge in [0.25, 0.3) is 5.91 Å². The summed E-state index contributed by atoms with van der Waals surface area (Å²) < 4.78 is 38.5. The lowest BCUT2D eigenvalue weighted by Crippen LogP contribution is -2.40. The van der Waals surface area contributed by atoms with E-state index in [9.17, 15) is 18.0 Å². The lowest BCUT2D eigenvalue weighted by molar-refractivity contribution is -0.135. The highest BCUT2D eigenvalue weighted by Gasteiger charge is 2.32. The number of esters is 1. The normalized spacial score (nSPS) is 18.3. The molecule has 1 aliphatic heterocycles. The molecule has 8 nitrogen and oxygen atoms in total. The molecule has 1 aromatic carbocycles. The maximum Gasteiger partial charge on any atom is 0.330 e. The number of ether oxygens (including phenoxy) is 3. The Bertz CT molecular complexity index is 832. The number of hydrogen-bond donors (Lipinski definition) is 0. The fourth-order valence-electron chi connectivity index (χ4n) is 2.67. The minimum Gasteiger partial charge on any atom is -0.493 e.